The van der Waals surface area contributed by atoms with Crippen LogP contribution in [0.25, 0.3) is 0 Å². The van der Waals surface area contributed by atoms with Crippen molar-refractivity contribution in [3.05, 3.63) is 83.9 Å². The normalized spacial score (nSPS) is 12.0. The van der Waals surface area contributed by atoms with Crippen LogP contribution in [-0.2, 0) is 31.9 Å². The molecule has 4 heteroatoms. The van der Waals surface area contributed by atoms with Gasteiger partial charge in [0.2, 0.25) is 0 Å². The lowest BCUT2D eigenvalue weighted by Gasteiger charge is -2.16. The molecule has 2 rings (SSSR count). The van der Waals surface area contributed by atoms with E-state index in [1.807, 2.05) is 48.5 Å². The van der Waals surface area contributed by atoms with E-state index in [4.69, 9.17) is 9.47 Å². The lowest BCUT2D eigenvalue weighted by Crippen LogP contribution is -2.19. The molecule has 2 aromatic rings. The van der Waals surface area contributed by atoms with Gasteiger partial charge in [-0.25, -0.2) is 0 Å². The highest BCUT2D eigenvalue weighted by atomic mass is 16.5. The molecule has 0 aromatic heterocycles. The Hall–Kier alpha value is -2.72. The summed E-state index contributed by atoms with van der Waals surface area (Å²) in [6.45, 7) is 2.88. The Balaban J connectivity index is 1.51. The van der Waals surface area contributed by atoms with Crippen LogP contribution in [0.5, 0.6) is 0 Å². The summed E-state index contributed by atoms with van der Waals surface area (Å²) in [6, 6.07) is 20.0. The van der Waals surface area contributed by atoms with Crippen molar-refractivity contribution in [2.75, 3.05) is 13.2 Å². The molecule has 0 spiro atoms. The molecule has 0 radical (unpaired) electrons. The van der Waals surface area contributed by atoms with Crippen molar-refractivity contribution in [1.29, 1.82) is 0 Å². The van der Waals surface area contributed by atoms with Gasteiger partial charge in [0.15, 0.2) is 5.78 Å². The number of hydrogen-bond acceptors (Lipinski definition) is 4. The van der Waals surface area contributed by atoms with Crippen LogP contribution in [0.15, 0.2) is 72.8 Å². The molecule has 0 saturated carbocycles. The van der Waals surface area contributed by atoms with Crippen LogP contribution in [-0.4, -0.2) is 31.1 Å². The maximum absolute atomic E-state index is 12.4. The molecule has 0 N–H and O–H groups in total. The van der Waals surface area contributed by atoms with E-state index in [9.17, 15) is 9.59 Å². The van der Waals surface area contributed by atoms with Crippen LogP contribution in [0, 0.1) is 0 Å². The van der Waals surface area contributed by atoms with Gasteiger partial charge in [-0.15, -0.1) is 0 Å². The molecule has 0 aliphatic carbocycles. The van der Waals surface area contributed by atoms with E-state index in [1.165, 1.54) is 31.2 Å². The fourth-order valence-corrected chi connectivity index (χ4v) is 4.58. The third-order valence-corrected chi connectivity index (χ3v) is 6.92. The molecule has 39 heavy (non-hydrogen) atoms. The number of rotatable bonds is 23. The van der Waals surface area contributed by atoms with Gasteiger partial charge < -0.3 is 9.47 Å². The van der Waals surface area contributed by atoms with Gasteiger partial charge in [0.05, 0.1) is 12.7 Å². The Kier molecular flexibility index (Phi) is 18.4. The molecule has 0 amide bonds. The van der Waals surface area contributed by atoms with Gasteiger partial charge in [-0.05, 0) is 43.2 Å². The number of Topliss-reactive ketones (excluding diaryl/α,β-unsaturated/α-hetero) is 1. The van der Waals surface area contributed by atoms with Crippen LogP contribution < -0.4 is 0 Å². The standard InChI is InChI=1S/C35H50O4/c1-2-3-4-17-24-34(39-30-33(36)29-32-22-15-12-16-23-32)25-18-9-7-5-6-8-10-19-26-35(37)38-28-27-31-20-13-11-14-21-31/h9,11-16,18,20-23,34H,2-8,10,17,19,24-30H2,1H3/b18-9-/t34-/m1/s1. The maximum Gasteiger partial charge on any atom is 0.305 e. The summed E-state index contributed by atoms with van der Waals surface area (Å²) in [5.74, 6) is 0.0614. The van der Waals surface area contributed by atoms with Crippen LogP contribution in [0.2, 0.25) is 0 Å². The van der Waals surface area contributed by atoms with E-state index in [1.54, 1.807) is 0 Å². The second-order valence-corrected chi connectivity index (χ2v) is 10.5. The maximum atomic E-state index is 12.4. The van der Waals surface area contributed by atoms with Gasteiger partial charge in [-0.2, -0.15) is 0 Å². The van der Waals surface area contributed by atoms with Crippen LogP contribution >= 0.6 is 0 Å². The molecule has 0 bridgehead atoms. The lowest BCUT2D eigenvalue weighted by molar-refractivity contribution is -0.143. The summed E-state index contributed by atoms with van der Waals surface area (Å²) in [7, 11) is 0. The van der Waals surface area contributed by atoms with Crippen molar-refractivity contribution in [2.45, 2.75) is 109 Å². The second kappa shape index (κ2) is 22.1. The van der Waals surface area contributed by atoms with E-state index in [2.05, 4.69) is 31.2 Å². The van der Waals surface area contributed by atoms with Crippen molar-refractivity contribution < 1.29 is 19.1 Å². The second-order valence-electron chi connectivity index (χ2n) is 10.5. The lowest BCUT2D eigenvalue weighted by atomic mass is 10.1. The molecule has 0 unspecified atom stereocenters. The van der Waals surface area contributed by atoms with Crippen LogP contribution in [0.1, 0.15) is 102 Å². The third-order valence-electron chi connectivity index (χ3n) is 6.92. The quantitative estimate of drug-likeness (QED) is 0.0813. The van der Waals surface area contributed by atoms with Crippen molar-refractivity contribution in [2.24, 2.45) is 0 Å². The van der Waals surface area contributed by atoms with Gasteiger partial charge in [-0.3, -0.25) is 9.59 Å². The van der Waals surface area contributed by atoms with Crippen molar-refractivity contribution in [1.82, 2.24) is 0 Å². The number of hydrogen-bond donors (Lipinski definition) is 0. The fourth-order valence-electron chi connectivity index (χ4n) is 4.58. The van der Waals surface area contributed by atoms with Gasteiger partial charge in [0.1, 0.15) is 6.61 Å². The van der Waals surface area contributed by atoms with Crippen molar-refractivity contribution in [3.63, 3.8) is 0 Å². The number of esters is 1. The number of carbonyl (C=O) groups excluding carboxylic acids is 2. The Bertz CT molecular complexity index is 907. The molecule has 0 saturated heterocycles. The van der Waals surface area contributed by atoms with Crippen molar-refractivity contribution in [3.8, 4) is 0 Å². The Morgan fingerprint density at radius 2 is 1.44 bits per heavy atom. The topological polar surface area (TPSA) is 52.6 Å². The first kappa shape index (κ1) is 32.5. The van der Waals surface area contributed by atoms with Gasteiger partial charge in [0, 0.05) is 19.3 Å². The number of carbonyl (C=O) groups is 2. The average Bonchev–Trinajstić information content (AvgIpc) is 2.95. The number of unbranched alkanes of at least 4 members (excludes halogenated alkanes) is 8. The molecule has 0 aliphatic heterocycles. The highest BCUT2D eigenvalue weighted by Crippen LogP contribution is 2.14. The van der Waals surface area contributed by atoms with E-state index >= 15 is 0 Å². The first-order chi connectivity index (χ1) is 19.2. The highest BCUT2D eigenvalue weighted by molar-refractivity contribution is 5.82. The minimum absolute atomic E-state index is 0.0814. The summed E-state index contributed by atoms with van der Waals surface area (Å²) in [5.41, 5.74) is 2.24. The monoisotopic (exact) mass is 534 g/mol. The van der Waals surface area contributed by atoms with Crippen LogP contribution in [0.3, 0.4) is 0 Å². The molecule has 0 aliphatic rings. The zero-order chi connectivity index (χ0) is 27.8. The SMILES string of the molecule is CCCCCC[C@H](C/C=C\CCCCCCCC(=O)OCCc1ccccc1)OCC(=O)Cc1ccccc1. The van der Waals surface area contributed by atoms with Gasteiger partial charge in [0.25, 0.3) is 0 Å². The van der Waals surface area contributed by atoms with E-state index in [0.29, 0.717) is 19.4 Å². The third kappa shape index (κ3) is 17.5. The molecule has 4 nitrogen and oxygen atoms in total. The number of benzene rings is 2. The fraction of sp³-hybridized carbons (Fsp3) is 0.543. The summed E-state index contributed by atoms with van der Waals surface area (Å²) in [6.07, 6.45) is 19.6. The first-order valence-electron chi connectivity index (χ1n) is 15.2. The Morgan fingerprint density at radius 1 is 0.769 bits per heavy atom. The smallest absolute Gasteiger partial charge is 0.305 e. The molecule has 1 atom stereocenters. The van der Waals surface area contributed by atoms with E-state index in [-0.39, 0.29) is 24.5 Å². The zero-order valence-corrected chi connectivity index (χ0v) is 24.2. The number of ketones is 1. The predicted molar refractivity (Wildman–Crippen MR) is 161 cm³/mol. The number of ether oxygens (including phenoxy) is 2. The average molecular weight is 535 g/mol. The summed E-state index contributed by atoms with van der Waals surface area (Å²) >= 11 is 0. The minimum atomic E-state index is -0.0814. The minimum Gasteiger partial charge on any atom is -0.465 e. The van der Waals surface area contributed by atoms with E-state index < -0.39 is 0 Å². The van der Waals surface area contributed by atoms with Crippen molar-refractivity contribution >= 4 is 11.8 Å². The number of allylic oxidation sites excluding steroid dienone is 1. The van der Waals surface area contributed by atoms with Crippen LogP contribution in [0.4, 0.5) is 0 Å². The summed E-state index contributed by atoms with van der Waals surface area (Å²) in [4.78, 5) is 24.3. The zero-order valence-electron chi connectivity index (χ0n) is 24.2. The highest BCUT2D eigenvalue weighted by Gasteiger charge is 2.11. The summed E-state index contributed by atoms with van der Waals surface area (Å²) in [5, 5.41) is 0. The predicted octanol–water partition coefficient (Wildman–Crippen LogP) is 8.62. The van der Waals surface area contributed by atoms with Gasteiger partial charge >= 0.3 is 5.97 Å². The largest absolute Gasteiger partial charge is 0.465 e. The molecular weight excluding hydrogens is 484 g/mol. The summed E-state index contributed by atoms with van der Waals surface area (Å²) < 4.78 is 11.4. The Morgan fingerprint density at radius 3 is 2.18 bits per heavy atom. The molecule has 2 aromatic carbocycles. The molecule has 214 valence electrons. The molecular formula is C35H50O4. The van der Waals surface area contributed by atoms with Gasteiger partial charge in [-0.1, -0.05) is 125 Å². The Labute approximate surface area is 237 Å². The first-order valence-corrected chi connectivity index (χ1v) is 15.2. The molecule has 0 heterocycles. The van der Waals surface area contributed by atoms with E-state index in [0.717, 1.165) is 63.4 Å². The molecule has 0 fully saturated rings.